The molecule has 2 heterocycles. The molecule has 0 aliphatic rings. The summed E-state index contributed by atoms with van der Waals surface area (Å²) < 4.78 is 1.59. The summed E-state index contributed by atoms with van der Waals surface area (Å²) in [6.07, 6.45) is 3.22. The molecular weight excluding hydrogens is 228 g/mol. The van der Waals surface area contributed by atoms with Gasteiger partial charge in [-0.05, 0) is 24.3 Å². The van der Waals surface area contributed by atoms with Crippen LogP contribution in [0, 0.1) is 0 Å². The Balaban J connectivity index is 2.33. The van der Waals surface area contributed by atoms with Crippen LogP contribution in [0.25, 0.3) is 16.6 Å². The number of pyridine rings is 1. The van der Waals surface area contributed by atoms with Crippen LogP contribution in [0.5, 0.6) is 0 Å². The van der Waals surface area contributed by atoms with Crippen molar-refractivity contribution in [1.82, 2.24) is 14.8 Å². The molecule has 2 aromatic heterocycles. The van der Waals surface area contributed by atoms with Gasteiger partial charge in [-0.3, -0.25) is 4.98 Å². The van der Waals surface area contributed by atoms with E-state index in [1.807, 2.05) is 24.3 Å². The molecule has 0 unspecified atom stereocenters. The van der Waals surface area contributed by atoms with Crippen molar-refractivity contribution < 1.29 is 0 Å². The maximum absolute atomic E-state index is 5.89. The monoisotopic (exact) mass is 240 g/mol. The van der Waals surface area contributed by atoms with E-state index in [4.69, 9.17) is 17.2 Å². The van der Waals surface area contributed by atoms with Crippen molar-refractivity contribution in [2.24, 2.45) is 0 Å². The molecule has 0 aliphatic carbocycles. The number of aromatic nitrogens is 3. The van der Waals surface area contributed by atoms with Crippen molar-refractivity contribution in [2.75, 3.05) is 17.2 Å². The van der Waals surface area contributed by atoms with E-state index in [9.17, 15) is 0 Å². The molecule has 0 bridgehead atoms. The Morgan fingerprint density at radius 2 is 1.89 bits per heavy atom. The fourth-order valence-corrected chi connectivity index (χ4v) is 1.90. The molecule has 3 aromatic rings. The van der Waals surface area contributed by atoms with Gasteiger partial charge >= 0.3 is 0 Å². The molecule has 18 heavy (non-hydrogen) atoms. The summed E-state index contributed by atoms with van der Waals surface area (Å²) in [4.78, 5) is 4.27. The molecule has 0 amide bonds. The van der Waals surface area contributed by atoms with Crippen LogP contribution in [-0.4, -0.2) is 14.8 Å². The third-order valence-electron chi connectivity index (χ3n) is 2.81. The maximum Gasteiger partial charge on any atom is 0.150 e. The van der Waals surface area contributed by atoms with E-state index in [1.54, 1.807) is 10.9 Å². The van der Waals surface area contributed by atoms with E-state index < -0.39 is 0 Å². The van der Waals surface area contributed by atoms with Crippen molar-refractivity contribution in [3.63, 3.8) is 0 Å². The number of hydrogen-bond donors (Lipinski definition) is 3. The van der Waals surface area contributed by atoms with E-state index in [1.165, 1.54) is 6.20 Å². The van der Waals surface area contributed by atoms with E-state index >= 15 is 0 Å². The van der Waals surface area contributed by atoms with Gasteiger partial charge in [0.1, 0.15) is 0 Å². The molecule has 0 saturated heterocycles. The Morgan fingerprint density at radius 1 is 1.06 bits per heavy atom. The quantitative estimate of drug-likeness (QED) is 0.553. The lowest BCUT2D eigenvalue weighted by Crippen LogP contribution is -2.04. The van der Waals surface area contributed by atoms with Gasteiger partial charge in [-0.15, -0.1) is 0 Å². The highest BCUT2D eigenvalue weighted by molar-refractivity contribution is 5.89. The minimum atomic E-state index is 0.416. The molecule has 6 N–H and O–H groups in total. The van der Waals surface area contributed by atoms with Gasteiger partial charge in [-0.1, -0.05) is 0 Å². The maximum atomic E-state index is 5.89. The van der Waals surface area contributed by atoms with Crippen LogP contribution in [-0.2, 0) is 0 Å². The molecule has 6 nitrogen and oxygen atoms in total. The molecule has 90 valence electrons. The Labute approximate surface area is 103 Å². The summed E-state index contributed by atoms with van der Waals surface area (Å²) >= 11 is 0. The summed E-state index contributed by atoms with van der Waals surface area (Å²) in [6.45, 7) is 0. The first-order valence-corrected chi connectivity index (χ1v) is 5.40. The largest absolute Gasteiger partial charge is 0.399 e. The lowest BCUT2D eigenvalue weighted by atomic mass is 10.1. The molecule has 0 saturated carbocycles. The number of nitrogens with two attached hydrogens (primary N) is 3. The highest BCUT2D eigenvalue weighted by atomic mass is 15.3. The van der Waals surface area contributed by atoms with Gasteiger partial charge in [0.15, 0.2) is 5.82 Å². The second kappa shape index (κ2) is 3.63. The number of hydrogen-bond acceptors (Lipinski definition) is 5. The average molecular weight is 240 g/mol. The predicted octanol–water partition coefficient (Wildman–Crippen LogP) is 1.17. The number of fused-ring (bicyclic) bond motifs is 1. The molecule has 0 atom stereocenters. The molecule has 0 aliphatic heterocycles. The molecule has 3 rings (SSSR count). The third kappa shape index (κ3) is 1.43. The van der Waals surface area contributed by atoms with Crippen molar-refractivity contribution in [3.8, 4) is 5.69 Å². The van der Waals surface area contributed by atoms with E-state index in [0.717, 1.165) is 16.6 Å². The number of nitrogens with zero attached hydrogens (tertiary/aromatic N) is 3. The topological polar surface area (TPSA) is 109 Å². The van der Waals surface area contributed by atoms with Gasteiger partial charge in [0.25, 0.3) is 0 Å². The van der Waals surface area contributed by atoms with E-state index in [0.29, 0.717) is 17.2 Å². The zero-order chi connectivity index (χ0) is 12.7. The number of rotatable bonds is 1. The first-order chi connectivity index (χ1) is 8.66. The number of nitrogen functional groups attached to an aromatic ring is 3. The summed E-state index contributed by atoms with van der Waals surface area (Å²) in [5.41, 5.74) is 20.1. The van der Waals surface area contributed by atoms with Crippen LogP contribution >= 0.6 is 0 Å². The van der Waals surface area contributed by atoms with Gasteiger partial charge in [0, 0.05) is 17.3 Å². The minimum Gasteiger partial charge on any atom is -0.399 e. The standard InChI is InChI=1S/C12H12N6/c13-7-1-2-8-10(5-7)16-4-3-11(8)18-12(15)9(14)6-17-18/h1-6H,13-15H2. The zero-order valence-corrected chi connectivity index (χ0v) is 9.54. The van der Waals surface area contributed by atoms with Crippen molar-refractivity contribution in [1.29, 1.82) is 0 Å². The average Bonchev–Trinajstić information content (AvgIpc) is 2.69. The van der Waals surface area contributed by atoms with Crippen LogP contribution in [0.2, 0.25) is 0 Å². The third-order valence-corrected chi connectivity index (χ3v) is 2.81. The van der Waals surface area contributed by atoms with E-state index in [2.05, 4.69) is 10.1 Å². The second-order valence-electron chi connectivity index (χ2n) is 4.00. The zero-order valence-electron chi connectivity index (χ0n) is 9.54. The molecule has 1 aromatic carbocycles. The van der Waals surface area contributed by atoms with Crippen LogP contribution < -0.4 is 17.2 Å². The molecule has 0 fully saturated rings. The Bertz CT molecular complexity index is 731. The van der Waals surface area contributed by atoms with Gasteiger partial charge < -0.3 is 17.2 Å². The van der Waals surface area contributed by atoms with Gasteiger partial charge in [-0.25, -0.2) is 4.68 Å². The smallest absolute Gasteiger partial charge is 0.150 e. The van der Waals surface area contributed by atoms with Gasteiger partial charge in [0.05, 0.1) is 23.1 Å². The first kappa shape index (κ1) is 10.4. The Kier molecular flexibility index (Phi) is 2.09. The number of benzene rings is 1. The van der Waals surface area contributed by atoms with Crippen molar-refractivity contribution >= 4 is 28.1 Å². The molecule has 0 radical (unpaired) electrons. The van der Waals surface area contributed by atoms with Crippen LogP contribution in [0.4, 0.5) is 17.2 Å². The summed E-state index contributed by atoms with van der Waals surface area (Å²) in [6, 6.07) is 7.35. The Morgan fingerprint density at radius 3 is 2.61 bits per heavy atom. The number of anilines is 3. The predicted molar refractivity (Wildman–Crippen MR) is 72.1 cm³/mol. The highest BCUT2D eigenvalue weighted by Gasteiger charge is 2.10. The van der Waals surface area contributed by atoms with Crippen molar-refractivity contribution in [3.05, 3.63) is 36.7 Å². The highest BCUT2D eigenvalue weighted by Crippen LogP contribution is 2.25. The molecule has 6 heteroatoms. The van der Waals surface area contributed by atoms with Gasteiger partial charge in [-0.2, -0.15) is 5.10 Å². The molecular formula is C12H12N6. The summed E-state index contributed by atoms with van der Waals surface area (Å²) in [5.74, 6) is 0.416. The minimum absolute atomic E-state index is 0.416. The normalized spacial score (nSPS) is 10.9. The summed E-state index contributed by atoms with van der Waals surface area (Å²) in [5, 5.41) is 5.08. The first-order valence-electron chi connectivity index (χ1n) is 5.40. The van der Waals surface area contributed by atoms with Crippen LogP contribution in [0.1, 0.15) is 0 Å². The fourth-order valence-electron chi connectivity index (χ4n) is 1.90. The fraction of sp³-hybridized carbons (Fsp3) is 0. The van der Waals surface area contributed by atoms with Crippen LogP contribution in [0.3, 0.4) is 0 Å². The Hall–Kier alpha value is -2.76. The lowest BCUT2D eigenvalue weighted by Gasteiger charge is -2.08. The molecule has 0 spiro atoms. The second-order valence-corrected chi connectivity index (χ2v) is 4.00. The lowest BCUT2D eigenvalue weighted by molar-refractivity contribution is 0.897. The SMILES string of the molecule is Nc1ccc2c(-n3ncc(N)c3N)ccnc2c1. The van der Waals surface area contributed by atoms with E-state index in [-0.39, 0.29) is 0 Å². The van der Waals surface area contributed by atoms with Crippen LogP contribution in [0.15, 0.2) is 36.7 Å². The van der Waals surface area contributed by atoms with Crippen molar-refractivity contribution in [2.45, 2.75) is 0 Å². The van der Waals surface area contributed by atoms with Gasteiger partial charge in [0.2, 0.25) is 0 Å². The summed E-state index contributed by atoms with van der Waals surface area (Å²) in [7, 11) is 0.